The minimum atomic E-state index is -1.19. The first-order valence-corrected chi connectivity index (χ1v) is 11.7. The number of rotatable bonds is 10. The Morgan fingerprint density at radius 3 is 2.35 bits per heavy atom. The molecule has 0 aromatic carbocycles. The molecule has 5 N–H and O–H groups in total. The van der Waals surface area contributed by atoms with Crippen LogP contribution in [0.25, 0.3) is 11.0 Å². The van der Waals surface area contributed by atoms with Crippen molar-refractivity contribution in [2.75, 3.05) is 19.0 Å². The molecular weight excluding hydrogens is 488 g/mol. The summed E-state index contributed by atoms with van der Waals surface area (Å²) in [6.07, 6.45) is -1.47. The molecule has 1 aliphatic heterocycles. The highest BCUT2D eigenvalue weighted by Crippen LogP contribution is 2.38. The molecule has 0 spiro atoms. The van der Waals surface area contributed by atoms with Gasteiger partial charge in [-0.1, -0.05) is 13.8 Å². The van der Waals surface area contributed by atoms with E-state index in [4.69, 9.17) is 19.9 Å². The lowest BCUT2D eigenvalue weighted by Crippen LogP contribution is -2.40. The van der Waals surface area contributed by atoms with Crippen molar-refractivity contribution in [3.05, 3.63) is 18.1 Å². The van der Waals surface area contributed by atoms with Crippen LogP contribution in [-0.4, -0.2) is 81.4 Å². The first kappa shape index (κ1) is 28.0. The fraction of sp³-hybridized carbons (Fsp3) is 0.565. The number of likely N-dealkylation sites (N-methyl/N-ethyl adjacent to an activating group) is 1. The second kappa shape index (κ2) is 11.6. The van der Waals surface area contributed by atoms with Crippen molar-refractivity contribution in [2.45, 2.75) is 64.7 Å². The Balaban J connectivity index is 2.11. The van der Waals surface area contributed by atoms with Crippen LogP contribution in [0.3, 0.4) is 0 Å². The molecule has 14 heteroatoms. The first-order valence-electron chi connectivity index (χ1n) is 11.7. The minimum Gasteiger partial charge on any atom is -0.456 e. The smallest absolute Gasteiger partial charge is 0.303 e. The summed E-state index contributed by atoms with van der Waals surface area (Å²) in [4.78, 5) is 57.3. The van der Waals surface area contributed by atoms with Crippen LogP contribution in [0.2, 0.25) is 0 Å². The normalized spacial score (nSPS) is 22.1. The van der Waals surface area contributed by atoms with Gasteiger partial charge in [-0.2, -0.15) is 0 Å². The summed E-state index contributed by atoms with van der Waals surface area (Å²) >= 11 is 0. The molecule has 0 saturated carbocycles. The Morgan fingerprint density at radius 2 is 1.81 bits per heavy atom. The second-order valence-electron chi connectivity index (χ2n) is 9.09. The molecule has 1 aliphatic rings. The molecule has 37 heavy (non-hydrogen) atoms. The lowest BCUT2D eigenvalue weighted by Gasteiger charge is -2.23. The molecule has 2 aromatic heterocycles. The van der Waals surface area contributed by atoms with Crippen LogP contribution < -0.4 is 16.4 Å². The number of fused-ring (bicyclic) bond motifs is 1. The number of anilines is 1. The van der Waals surface area contributed by atoms with Gasteiger partial charge in [-0.3, -0.25) is 19.2 Å². The van der Waals surface area contributed by atoms with Gasteiger partial charge in [-0.05, 0) is 19.4 Å². The standard InChI is InChI=1S/C23H32N6O8/c1-10(2)6-14(25-5)22(34)28-20-16-13(19(24)33)7-29(21(16)27-9-26-20)23-18(36-12(4)32)17(35-11(3)31)15(8-30)37-23/h7,9-10,14-15,17-18,23,25,30H,6,8H2,1-5H3,(H2,24,33)(H,26,27,28,34)/t14?,15-,17?,18+,23-/m1/s1. The van der Waals surface area contributed by atoms with Gasteiger partial charge in [0, 0.05) is 20.0 Å². The third kappa shape index (κ3) is 6.03. The third-order valence-corrected chi connectivity index (χ3v) is 5.83. The fourth-order valence-corrected chi connectivity index (χ4v) is 4.32. The van der Waals surface area contributed by atoms with Gasteiger partial charge in [0.1, 0.15) is 23.9 Å². The van der Waals surface area contributed by atoms with E-state index < -0.39 is 55.0 Å². The molecule has 202 valence electrons. The Morgan fingerprint density at radius 1 is 1.16 bits per heavy atom. The number of aromatic nitrogens is 3. The number of carbonyl (C=O) groups is 4. The molecule has 2 unspecified atom stereocenters. The molecule has 1 fully saturated rings. The lowest BCUT2D eigenvalue weighted by atomic mass is 10.0. The van der Waals surface area contributed by atoms with Gasteiger partial charge in [0.2, 0.25) is 5.91 Å². The molecule has 0 bridgehead atoms. The Labute approximate surface area is 212 Å². The maximum atomic E-state index is 13.0. The zero-order valence-electron chi connectivity index (χ0n) is 21.3. The quantitative estimate of drug-likeness (QED) is 0.304. The number of nitrogens with one attached hydrogen (secondary N) is 2. The summed E-state index contributed by atoms with van der Waals surface area (Å²) < 4.78 is 18.0. The van der Waals surface area contributed by atoms with Crippen molar-refractivity contribution in [1.29, 1.82) is 0 Å². The van der Waals surface area contributed by atoms with Crippen molar-refractivity contribution in [1.82, 2.24) is 19.9 Å². The molecule has 1 saturated heterocycles. The molecule has 3 rings (SSSR count). The average molecular weight is 521 g/mol. The van der Waals surface area contributed by atoms with Crippen LogP contribution in [0.15, 0.2) is 12.5 Å². The summed E-state index contributed by atoms with van der Waals surface area (Å²) in [5, 5.41) is 15.7. The van der Waals surface area contributed by atoms with E-state index in [0.717, 1.165) is 0 Å². The van der Waals surface area contributed by atoms with E-state index in [1.807, 2.05) is 13.8 Å². The van der Waals surface area contributed by atoms with Crippen LogP contribution in [0, 0.1) is 5.92 Å². The van der Waals surface area contributed by atoms with Crippen molar-refractivity contribution in [2.24, 2.45) is 11.7 Å². The summed E-state index contributed by atoms with van der Waals surface area (Å²) in [5.41, 5.74) is 5.74. The second-order valence-corrected chi connectivity index (χ2v) is 9.09. The van der Waals surface area contributed by atoms with E-state index in [0.29, 0.717) is 6.42 Å². The van der Waals surface area contributed by atoms with Gasteiger partial charge < -0.3 is 40.3 Å². The van der Waals surface area contributed by atoms with E-state index in [1.165, 1.54) is 30.9 Å². The predicted molar refractivity (Wildman–Crippen MR) is 129 cm³/mol. The predicted octanol–water partition coefficient (Wildman–Crippen LogP) is -0.144. The van der Waals surface area contributed by atoms with Gasteiger partial charge in [0.15, 0.2) is 18.4 Å². The van der Waals surface area contributed by atoms with Crippen molar-refractivity contribution >= 4 is 40.6 Å². The molecule has 0 aliphatic carbocycles. The number of hydrogen-bond donors (Lipinski definition) is 4. The topological polar surface area (TPSA) is 197 Å². The van der Waals surface area contributed by atoms with Crippen LogP contribution in [0.1, 0.15) is 50.7 Å². The molecule has 2 amide bonds. The summed E-state index contributed by atoms with van der Waals surface area (Å²) in [6, 6.07) is -0.523. The zero-order valence-corrected chi connectivity index (χ0v) is 21.3. The highest BCUT2D eigenvalue weighted by atomic mass is 16.6. The average Bonchev–Trinajstić information content (AvgIpc) is 3.36. The van der Waals surface area contributed by atoms with Crippen molar-refractivity contribution in [3.63, 3.8) is 0 Å². The first-order chi connectivity index (χ1) is 17.5. The number of aliphatic hydroxyl groups is 1. The van der Waals surface area contributed by atoms with Gasteiger partial charge >= 0.3 is 11.9 Å². The summed E-state index contributed by atoms with van der Waals surface area (Å²) in [5.74, 6) is -2.29. The highest BCUT2D eigenvalue weighted by Gasteiger charge is 2.50. The molecule has 2 aromatic rings. The van der Waals surface area contributed by atoms with E-state index in [-0.39, 0.29) is 34.2 Å². The van der Waals surface area contributed by atoms with E-state index in [2.05, 4.69) is 20.6 Å². The van der Waals surface area contributed by atoms with E-state index in [9.17, 15) is 24.3 Å². The number of nitrogens with two attached hydrogens (primary N) is 1. The van der Waals surface area contributed by atoms with E-state index >= 15 is 0 Å². The Bertz CT molecular complexity index is 1180. The third-order valence-electron chi connectivity index (χ3n) is 5.83. The number of primary amides is 1. The zero-order chi connectivity index (χ0) is 27.4. The van der Waals surface area contributed by atoms with Crippen molar-refractivity contribution in [3.8, 4) is 0 Å². The van der Waals surface area contributed by atoms with Crippen LogP contribution in [0.4, 0.5) is 5.82 Å². The molecule has 0 radical (unpaired) electrons. The van der Waals surface area contributed by atoms with Gasteiger partial charge in [-0.15, -0.1) is 0 Å². The number of aliphatic hydroxyl groups excluding tert-OH is 1. The van der Waals surface area contributed by atoms with Gasteiger partial charge in [0.05, 0.1) is 23.6 Å². The number of hydrogen-bond acceptors (Lipinski definition) is 11. The van der Waals surface area contributed by atoms with Gasteiger partial charge in [-0.25, -0.2) is 9.97 Å². The largest absolute Gasteiger partial charge is 0.456 e. The Kier molecular flexibility index (Phi) is 8.78. The lowest BCUT2D eigenvalue weighted by molar-refractivity contribution is -0.165. The SMILES string of the molecule is CNC(CC(C)C)C(=O)Nc1ncnc2c1c(C(N)=O)cn2[C@@H]1O[C@H](CO)C(OC(C)=O)[C@@H]1OC(C)=O. The Hall–Kier alpha value is -3.62. The monoisotopic (exact) mass is 520 g/mol. The van der Waals surface area contributed by atoms with Crippen LogP contribution >= 0.6 is 0 Å². The number of esters is 2. The van der Waals surface area contributed by atoms with Gasteiger partial charge in [0.25, 0.3) is 5.91 Å². The molecule has 14 nitrogen and oxygen atoms in total. The summed E-state index contributed by atoms with van der Waals surface area (Å²) in [7, 11) is 1.66. The number of carbonyl (C=O) groups excluding carboxylic acids is 4. The molecular formula is C23H32N6O8. The number of ether oxygens (including phenoxy) is 3. The van der Waals surface area contributed by atoms with Crippen molar-refractivity contribution < 1.29 is 38.5 Å². The number of nitrogens with zero attached hydrogens (tertiary/aromatic N) is 3. The maximum Gasteiger partial charge on any atom is 0.303 e. The molecule has 3 heterocycles. The summed E-state index contributed by atoms with van der Waals surface area (Å²) in [6.45, 7) is 5.75. The molecule has 5 atom stereocenters. The maximum absolute atomic E-state index is 13.0. The number of amides is 2. The fourth-order valence-electron chi connectivity index (χ4n) is 4.32. The van der Waals surface area contributed by atoms with Crippen LogP contribution in [-0.2, 0) is 28.6 Å². The van der Waals surface area contributed by atoms with Crippen LogP contribution in [0.5, 0.6) is 0 Å². The minimum absolute atomic E-state index is 0.0302. The van der Waals surface area contributed by atoms with E-state index in [1.54, 1.807) is 7.05 Å². The highest BCUT2D eigenvalue weighted by molar-refractivity contribution is 6.11.